The van der Waals surface area contributed by atoms with E-state index < -0.39 is 31.8 Å². The van der Waals surface area contributed by atoms with Crippen molar-refractivity contribution in [3.8, 4) is 0 Å². The van der Waals surface area contributed by atoms with Gasteiger partial charge in [-0.1, -0.05) is 18.6 Å². The van der Waals surface area contributed by atoms with Crippen molar-refractivity contribution in [3.63, 3.8) is 0 Å². The van der Waals surface area contributed by atoms with Crippen molar-refractivity contribution in [1.82, 2.24) is 9.62 Å². The summed E-state index contributed by atoms with van der Waals surface area (Å²) in [6.07, 6.45) is 3.05. The Morgan fingerprint density at radius 2 is 2.00 bits per heavy atom. The number of thiophene rings is 1. The zero-order valence-electron chi connectivity index (χ0n) is 19.1. The molecule has 10 nitrogen and oxygen atoms in total. The van der Waals surface area contributed by atoms with E-state index in [1.54, 1.807) is 17.0 Å². The van der Waals surface area contributed by atoms with Crippen LogP contribution < -0.4 is 10.0 Å². The Morgan fingerprint density at radius 3 is 2.69 bits per heavy atom. The van der Waals surface area contributed by atoms with Gasteiger partial charge >= 0.3 is 0 Å². The van der Waals surface area contributed by atoms with Crippen LogP contribution in [0.5, 0.6) is 0 Å². The average molecular weight is 555 g/mol. The number of nitrogens with one attached hydrogen (secondary N) is 2. The first kappa shape index (κ1) is 24.9. The molecule has 0 spiro atoms. The number of hydrogen-bond donors (Lipinski definition) is 3. The van der Waals surface area contributed by atoms with Crippen LogP contribution in [0.3, 0.4) is 0 Å². The van der Waals surface area contributed by atoms with Gasteiger partial charge in [-0.25, -0.2) is 17.5 Å². The van der Waals surface area contributed by atoms with Crippen LogP contribution in [0.25, 0.3) is 0 Å². The molecule has 2 aromatic rings. The lowest BCUT2D eigenvalue weighted by molar-refractivity contribution is -0.132. The third-order valence-electron chi connectivity index (χ3n) is 6.51. The lowest BCUT2D eigenvalue weighted by atomic mass is 9.90. The highest BCUT2D eigenvalue weighted by atomic mass is 32.2. The molecular weight excluding hydrogens is 531 g/mol. The van der Waals surface area contributed by atoms with E-state index in [9.17, 15) is 31.1 Å². The summed E-state index contributed by atoms with van der Waals surface area (Å²) in [6.45, 7) is -0.0683. The van der Waals surface area contributed by atoms with E-state index in [4.69, 9.17) is 0 Å². The Kier molecular flexibility index (Phi) is 6.17. The summed E-state index contributed by atoms with van der Waals surface area (Å²) in [5, 5.41) is 15.6. The van der Waals surface area contributed by atoms with Gasteiger partial charge in [-0.15, -0.1) is 15.7 Å². The minimum atomic E-state index is -4.30. The number of carbonyl (C=O) groups excluding carboxylic acids is 1. The molecule has 2 atom stereocenters. The van der Waals surface area contributed by atoms with Gasteiger partial charge in [-0.05, 0) is 35.9 Å². The predicted molar refractivity (Wildman–Crippen MR) is 132 cm³/mol. The quantitative estimate of drug-likeness (QED) is 0.497. The van der Waals surface area contributed by atoms with Crippen molar-refractivity contribution in [2.45, 2.75) is 43.3 Å². The number of nitrogens with zero attached hydrogens (tertiary/aromatic N) is 2. The Balaban J connectivity index is 1.51. The highest BCUT2D eigenvalue weighted by Crippen LogP contribution is 2.43. The molecule has 0 bridgehead atoms. The second-order valence-corrected chi connectivity index (χ2v) is 13.2. The minimum Gasteiger partial charge on any atom is -0.511 e. The average Bonchev–Trinajstić information content (AvgIpc) is 3.44. The number of rotatable bonds is 6. The lowest BCUT2D eigenvalue weighted by Gasteiger charge is -2.38. The largest absolute Gasteiger partial charge is 0.511 e. The van der Waals surface area contributed by atoms with Crippen molar-refractivity contribution in [1.29, 1.82) is 0 Å². The second kappa shape index (κ2) is 8.94. The molecule has 1 aromatic carbocycles. The van der Waals surface area contributed by atoms with Gasteiger partial charge in [0.15, 0.2) is 5.84 Å². The number of amidine groups is 1. The molecule has 2 unspecified atom stereocenters. The summed E-state index contributed by atoms with van der Waals surface area (Å²) >= 11 is 1.03. The third-order valence-corrected chi connectivity index (χ3v) is 9.66. The Hall–Kier alpha value is -2.81. The van der Waals surface area contributed by atoms with Gasteiger partial charge in [-0.2, -0.15) is 8.42 Å². The molecule has 36 heavy (non-hydrogen) atoms. The fraction of sp³-hybridized carbons (Fsp3) is 0.364. The highest BCUT2D eigenvalue weighted by molar-refractivity contribution is 7.91. The lowest BCUT2D eigenvalue weighted by Crippen LogP contribution is -2.49. The van der Waals surface area contributed by atoms with Crippen molar-refractivity contribution in [2.75, 3.05) is 11.6 Å². The van der Waals surface area contributed by atoms with Crippen LogP contribution in [-0.2, 0) is 37.9 Å². The molecule has 1 saturated carbocycles. The number of aliphatic hydroxyl groups is 1. The Morgan fingerprint density at radius 1 is 1.28 bits per heavy atom. The van der Waals surface area contributed by atoms with Gasteiger partial charge in [0.1, 0.15) is 27.0 Å². The van der Waals surface area contributed by atoms with E-state index in [0.29, 0.717) is 18.4 Å². The Bertz CT molecular complexity index is 1510. The van der Waals surface area contributed by atoms with Crippen LogP contribution in [0.15, 0.2) is 50.3 Å². The van der Waals surface area contributed by atoms with Crippen LogP contribution in [0.4, 0.5) is 9.39 Å². The van der Waals surface area contributed by atoms with E-state index in [1.807, 2.05) is 0 Å². The fourth-order valence-electron chi connectivity index (χ4n) is 4.91. The molecule has 2 aliphatic heterocycles. The number of benzene rings is 1. The normalized spacial score (nSPS) is 23.2. The third kappa shape index (κ3) is 4.53. The number of anilines is 1. The summed E-state index contributed by atoms with van der Waals surface area (Å²) < 4.78 is 68.6. The van der Waals surface area contributed by atoms with Crippen molar-refractivity contribution >= 4 is 48.1 Å². The fourth-order valence-corrected chi connectivity index (χ4v) is 7.93. The highest BCUT2D eigenvalue weighted by Gasteiger charge is 2.47. The maximum absolute atomic E-state index is 13.6. The first-order valence-corrected chi connectivity index (χ1v) is 15.3. The molecule has 3 aliphatic rings. The maximum Gasteiger partial charge on any atom is 0.287 e. The number of aliphatic hydroxyl groups excluding tert-OH is 1. The monoisotopic (exact) mass is 554 g/mol. The van der Waals surface area contributed by atoms with E-state index in [2.05, 4.69) is 14.4 Å². The summed E-state index contributed by atoms with van der Waals surface area (Å²) in [7, 11) is -7.86. The molecule has 3 heterocycles. The van der Waals surface area contributed by atoms with Gasteiger partial charge in [0.05, 0.1) is 6.26 Å². The van der Waals surface area contributed by atoms with Gasteiger partial charge in [-0.3, -0.25) is 4.79 Å². The van der Waals surface area contributed by atoms with Gasteiger partial charge in [0.25, 0.3) is 15.9 Å². The summed E-state index contributed by atoms with van der Waals surface area (Å²) in [5.74, 6) is -1.81. The minimum absolute atomic E-state index is 0.169. The van der Waals surface area contributed by atoms with Crippen LogP contribution >= 0.6 is 11.3 Å². The molecule has 5 rings (SSSR count). The van der Waals surface area contributed by atoms with E-state index in [-0.39, 0.29) is 57.7 Å². The van der Waals surface area contributed by atoms with Crippen LogP contribution in [0.1, 0.15) is 30.4 Å². The van der Waals surface area contributed by atoms with Crippen LogP contribution in [0, 0.1) is 11.7 Å². The van der Waals surface area contributed by atoms with Crippen LogP contribution in [0.2, 0.25) is 0 Å². The molecular formula is C22H23FN4O6S3. The molecule has 1 aliphatic carbocycles. The predicted octanol–water partition coefficient (Wildman–Crippen LogP) is 2.47. The van der Waals surface area contributed by atoms with Gasteiger partial charge in [0.2, 0.25) is 10.0 Å². The zero-order chi connectivity index (χ0) is 25.8. The molecule has 0 saturated heterocycles. The van der Waals surface area contributed by atoms with Crippen molar-refractivity contribution in [2.24, 2.45) is 10.3 Å². The van der Waals surface area contributed by atoms with E-state index in [0.717, 1.165) is 24.0 Å². The van der Waals surface area contributed by atoms with Crippen molar-refractivity contribution in [3.05, 3.63) is 57.9 Å². The van der Waals surface area contributed by atoms with E-state index >= 15 is 0 Å². The molecule has 3 N–H and O–H groups in total. The van der Waals surface area contributed by atoms with Crippen molar-refractivity contribution < 1.29 is 31.1 Å². The van der Waals surface area contributed by atoms with Gasteiger partial charge in [0, 0.05) is 30.6 Å². The van der Waals surface area contributed by atoms with Gasteiger partial charge < -0.3 is 15.3 Å². The van der Waals surface area contributed by atoms with Crippen LogP contribution in [-0.4, -0.2) is 50.9 Å². The maximum atomic E-state index is 13.6. The van der Waals surface area contributed by atoms with E-state index in [1.165, 1.54) is 17.5 Å². The molecule has 0 radical (unpaired) electrons. The topological polar surface area (TPSA) is 145 Å². The molecule has 14 heteroatoms. The first-order valence-electron chi connectivity index (χ1n) is 11.1. The number of fused-ring (bicyclic) bond motifs is 2. The number of carbonyl (C=O) groups is 1. The second-order valence-electron chi connectivity index (χ2n) is 8.98. The Labute approximate surface area is 211 Å². The molecule has 1 fully saturated rings. The zero-order valence-corrected chi connectivity index (χ0v) is 21.5. The summed E-state index contributed by atoms with van der Waals surface area (Å²) in [6, 6.07) is 5.50. The summed E-state index contributed by atoms with van der Waals surface area (Å²) in [4.78, 5) is 15.1. The SMILES string of the molecule is CS(=O)(=O)NCc1csc2c1S(=O)(=O)N=C(C1=C(O)C3CCCC3N(Cc3ccc(F)cc3)C1=O)N2. The first-order chi connectivity index (χ1) is 16.9. The smallest absolute Gasteiger partial charge is 0.287 e. The number of hydrogen-bond acceptors (Lipinski definition) is 8. The number of amides is 1. The molecule has 1 amide bonds. The molecule has 1 aromatic heterocycles. The number of sulfonamides is 2. The molecule has 192 valence electrons. The number of halogens is 1. The standard InChI is InChI=1S/C22H23FN4O6S3/c1-35(30,31)24-9-13-11-34-21-19(13)36(32,33)26-20(25-21)17-18(28)15-3-2-4-16(15)27(22(17)29)10-12-5-7-14(23)8-6-12/h5-8,11,15-16,24,28H,2-4,9-10H2,1H3,(H,25,26). The summed E-state index contributed by atoms with van der Waals surface area (Å²) in [5.41, 5.74) is 0.710.